The molecule has 2 heterocycles. The molecule has 31 heavy (non-hydrogen) atoms. The summed E-state index contributed by atoms with van der Waals surface area (Å²) < 4.78 is 41.0. The second-order valence-corrected chi connectivity index (χ2v) is 7.39. The zero-order valence-corrected chi connectivity index (χ0v) is 17.6. The topological polar surface area (TPSA) is 56.8 Å². The molecule has 166 valence electrons. The highest BCUT2D eigenvalue weighted by atomic mass is 19.1. The summed E-state index contributed by atoms with van der Waals surface area (Å²) >= 11 is 0. The molecule has 9 heteroatoms. The fourth-order valence-corrected chi connectivity index (χ4v) is 3.58. The Balaban J connectivity index is 1.54. The Morgan fingerprint density at radius 1 is 1.06 bits per heavy atom. The van der Waals surface area contributed by atoms with Crippen molar-refractivity contribution in [3.63, 3.8) is 0 Å². The molecule has 1 fully saturated rings. The maximum atomic E-state index is 14.5. The molecule has 0 bridgehead atoms. The molecule has 3 rings (SSSR count). The van der Waals surface area contributed by atoms with Crippen LogP contribution >= 0.6 is 0 Å². The zero-order valence-electron chi connectivity index (χ0n) is 17.6. The summed E-state index contributed by atoms with van der Waals surface area (Å²) in [5.41, 5.74) is 1.12. The van der Waals surface area contributed by atoms with Crippen LogP contribution in [0.25, 0.3) is 0 Å². The van der Waals surface area contributed by atoms with Crippen molar-refractivity contribution in [3.8, 4) is 0 Å². The molecule has 6 nitrogen and oxygen atoms in total. The van der Waals surface area contributed by atoms with Crippen LogP contribution in [0.2, 0.25) is 0 Å². The molecule has 0 aliphatic carbocycles. The van der Waals surface area contributed by atoms with Gasteiger partial charge >= 0.3 is 0 Å². The molecule has 0 atom stereocenters. The summed E-state index contributed by atoms with van der Waals surface area (Å²) in [7, 11) is 1.54. The van der Waals surface area contributed by atoms with Gasteiger partial charge in [-0.25, -0.2) is 4.39 Å². The Labute approximate surface area is 179 Å². The van der Waals surface area contributed by atoms with E-state index in [1.165, 1.54) is 17.0 Å². The number of hydrogen-bond acceptors (Lipinski definition) is 4. The highest BCUT2D eigenvalue weighted by Crippen LogP contribution is 2.26. The second kappa shape index (κ2) is 9.80. The first kappa shape index (κ1) is 22.6. The highest BCUT2D eigenvalue weighted by molar-refractivity contribution is 5.92. The van der Waals surface area contributed by atoms with Gasteiger partial charge in [0.1, 0.15) is 5.82 Å². The number of rotatable bonds is 6. The summed E-state index contributed by atoms with van der Waals surface area (Å²) in [4.78, 5) is 32.3. The van der Waals surface area contributed by atoms with E-state index < -0.39 is 17.7 Å². The van der Waals surface area contributed by atoms with Crippen LogP contribution in [-0.4, -0.2) is 54.9 Å². The Morgan fingerprint density at radius 2 is 1.77 bits per heavy atom. The van der Waals surface area contributed by atoms with Gasteiger partial charge in [0.15, 0.2) is 0 Å². The number of aryl methyl sites for hydroxylation is 1. The van der Waals surface area contributed by atoms with Crippen molar-refractivity contribution in [1.29, 1.82) is 0 Å². The number of aromatic nitrogens is 1. The van der Waals surface area contributed by atoms with E-state index in [0.29, 0.717) is 31.9 Å². The molecule has 2 aromatic rings. The van der Waals surface area contributed by atoms with E-state index in [4.69, 9.17) is 0 Å². The number of nitrogens with zero attached hydrogens (tertiary/aromatic N) is 4. The number of benzene rings is 1. The Hall–Kier alpha value is -3.10. The number of piperazine rings is 1. The standard InChI is InChI=1S/C22H25F3N4O2/c1-3-20(30)27(2)18-7-6-16(14-17(18)23)28-10-12-29(13-11-28)21(31)9-5-15-4-8-19(24)26-22(15)25/h4,6-8,14H,3,5,9-13H2,1-2H3. The third-order valence-corrected chi connectivity index (χ3v) is 5.47. The molecule has 1 aliphatic rings. The van der Waals surface area contributed by atoms with E-state index >= 15 is 0 Å². The van der Waals surface area contributed by atoms with Gasteiger partial charge in [0, 0.05) is 57.3 Å². The molecular weight excluding hydrogens is 409 g/mol. The van der Waals surface area contributed by atoms with Gasteiger partial charge in [0.05, 0.1) is 5.69 Å². The lowest BCUT2D eigenvalue weighted by Crippen LogP contribution is -2.48. The van der Waals surface area contributed by atoms with Crippen LogP contribution in [0.3, 0.4) is 0 Å². The van der Waals surface area contributed by atoms with Crippen LogP contribution in [0.15, 0.2) is 30.3 Å². The van der Waals surface area contributed by atoms with Crippen LogP contribution in [-0.2, 0) is 16.0 Å². The quantitative estimate of drug-likeness (QED) is 0.656. The van der Waals surface area contributed by atoms with Crippen LogP contribution in [0, 0.1) is 17.7 Å². The largest absolute Gasteiger partial charge is 0.368 e. The SMILES string of the molecule is CCC(=O)N(C)c1ccc(N2CCN(C(=O)CCc3ccc(F)nc3F)CC2)cc1F. The van der Waals surface area contributed by atoms with Crippen molar-refractivity contribution in [2.24, 2.45) is 0 Å². The molecule has 1 saturated heterocycles. The lowest BCUT2D eigenvalue weighted by Gasteiger charge is -2.36. The minimum Gasteiger partial charge on any atom is -0.368 e. The van der Waals surface area contributed by atoms with Crippen molar-refractivity contribution < 1.29 is 22.8 Å². The third-order valence-electron chi connectivity index (χ3n) is 5.47. The van der Waals surface area contributed by atoms with Crippen molar-refractivity contribution in [3.05, 3.63) is 53.6 Å². The highest BCUT2D eigenvalue weighted by Gasteiger charge is 2.23. The normalized spacial score (nSPS) is 14.0. The first-order chi connectivity index (χ1) is 14.8. The molecule has 1 aromatic carbocycles. The van der Waals surface area contributed by atoms with Gasteiger partial charge in [-0.15, -0.1) is 0 Å². The number of pyridine rings is 1. The van der Waals surface area contributed by atoms with E-state index in [-0.39, 0.29) is 42.3 Å². The van der Waals surface area contributed by atoms with Gasteiger partial charge in [0.2, 0.25) is 23.7 Å². The first-order valence-electron chi connectivity index (χ1n) is 10.2. The van der Waals surface area contributed by atoms with Gasteiger partial charge in [-0.2, -0.15) is 13.8 Å². The molecule has 0 N–H and O–H groups in total. The van der Waals surface area contributed by atoms with E-state index in [0.717, 1.165) is 6.07 Å². The average Bonchev–Trinajstić information content (AvgIpc) is 2.77. The van der Waals surface area contributed by atoms with Gasteiger partial charge in [0.25, 0.3) is 0 Å². The minimum absolute atomic E-state index is 0.103. The van der Waals surface area contributed by atoms with Crippen LogP contribution in [0.4, 0.5) is 24.5 Å². The van der Waals surface area contributed by atoms with Crippen molar-refractivity contribution in [1.82, 2.24) is 9.88 Å². The van der Waals surface area contributed by atoms with Crippen LogP contribution in [0.1, 0.15) is 25.3 Å². The van der Waals surface area contributed by atoms with E-state index in [2.05, 4.69) is 4.98 Å². The number of hydrogen-bond donors (Lipinski definition) is 0. The Bertz CT molecular complexity index is 962. The molecule has 0 radical (unpaired) electrons. The van der Waals surface area contributed by atoms with Crippen LogP contribution in [0.5, 0.6) is 0 Å². The molecule has 1 aliphatic heterocycles. The van der Waals surface area contributed by atoms with Gasteiger partial charge in [-0.1, -0.05) is 6.92 Å². The molecule has 2 amide bonds. The summed E-state index contributed by atoms with van der Waals surface area (Å²) in [5, 5.41) is 0. The summed E-state index contributed by atoms with van der Waals surface area (Å²) in [6.07, 6.45) is 0.540. The average molecular weight is 434 g/mol. The maximum Gasteiger partial charge on any atom is 0.226 e. The molecule has 0 spiro atoms. The summed E-state index contributed by atoms with van der Waals surface area (Å²) in [5.74, 6) is -2.55. The van der Waals surface area contributed by atoms with Crippen LogP contribution < -0.4 is 9.80 Å². The smallest absolute Gasteiger partial charge is 0.226 e. The van der Waals surface area contributed by atoms with E-state index in [1.54, 1.807) is 31.0 Å². The first-order valence-corrected chi connectivity index (χ1v) is 10.2. The minimum atomic E-state index is -0.894. The lowest BCUT2D eigenvalue weighted by molar-refractivity contribution is -0.131. The number of carbonyl (C=O) groups excluding carboxylic acids is 2. The predicted octanol–water partition coefficient (Wildman–Crippen LogP) is 3.15. The monoisotopic (exact) mass is 434 g/mol. The molecule has 1 aromatic heterocycles. The fourth-order valence-electron chi connectivity index (χ4n) is 3.58. The fraction of sp³-hybridized carbons (Fsp3) is 0.409. The van der Waals surface area contributed by atoms with E-state index in [9.17, 15) is 22.8 Å². The molecule has 0 saturated carbocycles. The lowest BCUT2D eigenvalue weighted by atomic mass is 10.1. The second-order valence-electron chi connectivity index (χ2n) is 7.39. The van der Waals surface area contributed by atoms with Gasteiger partial charge < -0.3 is 14.7 Å². The Morgan fingerprint density at radius 3 is 2.39 bits per heavy atom. The summed E-state index contributed by atoms with van der Waals surface area (Å²) in [6, 6.07) is 7.12. The summed E-state index contributed by atoms with van der Waals surface area (Å²) in [6.45, 7) is 3.70. The number of anilines is 2. The Kier molecular flexibility index (Phi) is 7.14. The third kappa shape index (κ3) is 5.34. The zero-order chi connectivity index (χ0) is 22.5. The number of halogens is 3. The molecule has 0 unspecified atom stereocenters. The van der Waals surface area contributed by atoms with Crippen molar-refractivity contribution >= 4 is 23.2 Å². The predicted molar refractivity (Wildman–Crippen MR) is 111 cm³/mol. The molecular formula is C22H25F3N4O2. The van der Waals surface area contributed by atoms with Crippen molar-refractivity contribution in [2.45, 2.75) is 26.2 Å². The van der Waals surface area contributed by atoms with Gasteiger partial charge in [-0.05, 0) is 36.8 Å². The maximum absolute atomic E-state index is 14.5. The number of amides is 2. The number of carbonyl (C=O) groups is 2. The van der Waals surface area contributed by atoms with Crippen molar-refractivity contribution in [2.75, 3.05) is 43.0 Å². The van der Waals surface area contributed by atoms with E-state index in [1.807, 2.05) is 4.90 Å². The van der Waals surface area contributed by atoms with Gasteiger partial charge in [-0.3, -0.25) is 9.59 Å².